The van der Waals surface area contributed by atoms with Crippen LogP contribution in [0.5, 0.6) is 0 Å². The van der Waals surface area contributed by atoms with Crippen LogP contribution < -0.4 is 0 Å². The molecule has 1 saturated heterocycles. The Hall–Kier alpha value is -3.25. The second kappa shape index (κ2) is 7.78. The minimum absolute atomic E-state index is 0.331. The highest BCUT2D eigenvalue weighted by Crippen LogP contribution is 2.32. The Morgan fingerprint density at radius 3 is 2.55 bits per heavy atom. The zero-order valence-electron chi connectivity index (χ0n) is 17.8. The number of benzene rings is 2. The summed E-state index contributed by atoms with van der Waals surface area (Å²) in [5.41, 5.74) is 6.34. The van der Waals surface area contributed by atoms with Crippen molar-refractivity contribution in [3.8, 4) is 22.6 Å². The number of rotatable bonds is 3. The van der Waals surface area contributed by atoms with E-state index < -0.39 is 0 Å². The van der Waals surface area contributed by atoms with E-state index in [0.29, 0.717) is 34.2 Å². The van der Waals surface area contributed by atoms with E-state index in [1.165, 1.54) is 11.6 Å². The lowest BCUT2D eigenvalue weighted by Crippen LogP contribution is -2.03. The molecule has 5 rings (SSSR count). The van der Waals surface area contributed by atoms with Crippen LogP contribution in [-0.4, -0.2) is 33.1 Å². The van der Waals surface area contributed by atoms with Gasteiger partial charge >= 0.3 is 0 Å². The van der Waals surface area contributed by atoms with Crippen LogP contribution in [0.15, 0.2) is 42.5 Å². The van der Waals surface area contributed by atoms with Gasteiger partial charge in [0.1, 0.15) is 17.0 Å². The van der Waals surface area contributed by atoms with Gasteiger partial charge in [0.15, 0.2) is 11.5 Å². The van der Waals surface area contributed by atoms with Crippen LogP contribution in [0.4, 0.5) is 4.39 Å². The number of hydrogen-bond acceptors (Lipinski definition) is 5. The third kappa shape index (κ3) is 3.68. The molecule has 5 nitrogen and oxygen atoms in total. The van der Waals surface area contributed by atoms with Crippen LogP contribution >= 0.6 is 0 Å². The van der Waals surface area contributed by atoms with Crippen molar-refractivity contribution >= 4 is 11.2 Å². The molecule has 1 aliphatic rings. The molecule has 0 radical (unpaired) electrons. The Balaban J connectivity index is 1.73. The van der Waals surface area contributed by atoms with Gasteiger partial charge < -0.3 is 4.74 Å². The molecule has 0 amide bonds. The zero-order valence-corrected chi connectivity index (χ0v) is 17.8. The average molecular weight is 414 g/mol. The molecule has 31 heavy (non-hydrogen) atoms. The maximum atomic E-state index is 14.9. The molecule has 2 aromatic carbocycles. The van der Waals surface area contributed by atoms with Crippen molar-refractivity contribution in [3.63, 3.8) is 0 Å². The summed E-state index contributed by atoms with van der Waals surface area (Å²) in [6.07, 6.45) is 1.01. The van der Waals surface area contributed by atoms with Crippen LogP contribution in [0.1, 0.15) is 34.9 Å². The van der Waals surface area contributed by atoms with Crippen molar-refractivity contribution in [1.82, 2.24) is 19.9 Å². The number of nitrogens with zero attached hydrogens (tertiary/aromatic N) is 4. The fourth-order valence-corrected chi connectivity index (χ4v) is 3.97. The van der Waals surface area contributed by atoms with Crippen LogP contribution in [0.2, 0.25) is 0 Å². The standard InChI is InChI=1S/C25H23FN4O/c1-14-7-8-20(21(26)11-14)22-23-25(28-16(3)15(2)27-23)30-24(29-22)18-6-4-5-17(12-18)19-9-10-31-13-19/h4-8,11-12,19H,9-10,13H2,1-3H3. The van der Waals surface area contributed by atoms with Crippen LogP contribution in [0.25, 0.3) is 33.8 Å². The minimum Gasteiger partial charge on any atom is -0.381 e. The molecule has 1 atom stereocenters. The Kier molecular flexibility index (Phi) is 4.94. The fourth-order valence-electron chi connectivity index (χ4n) is 3.97. The topological polar surface area (TPSA) is 60.8 Å². The summed E-state index contributed by atoms with van der Waals surface area (Å²) in [5, 5.41) is 0. The monoisotopic (exact) mass is 414 g/mol. The molecule has 1 unspecified atom stereocenters. The van der Waals surface area contributed by atoms with Gasteiger partial charge in [-0.3, -0.25) is 0 Å². The highest BCUT2D eigenvalue weighted by molar-refractivity contribution is 5.88. The second-order valence-electron chi connectivity index (χ2n) is 8.13. The fraction of sp³-hybridized carbons (Fsp3) is 0.280. The molecule has 0 spiro atoms. The highest BCUT2D eigenvalue weighted by atomic mass is 19.1. The van der Waals surface area contributed by atoms with Crippen LogP contribution in [-0.2, 0) is 4.74 Å². The van der Waals surface area contributed by atoms with Gasteiger partial charge in [0.05, 0.1) is 18.0 Å². The van der Waals surface area contributed by atoms with Crippen molar-refractivity contribution in [2.24, 2.45) is 0 Å². The van der Waals surface area contributed by atoms with E-state index in [4.69, 9.17) is 14.7 Å². The molecule has 1 fully saturated rings. The van der Waals surface area contributed by atoms with Gasteiger partial charge in [-0.15, -0.1) is 0 Å². The summed E-state index contributed by atoms with van der Waals surface area (Å²) in [4.78, 5) is 18.8. The summed E-state index contributed by atoms with van der Waals surface area (Å²) in [5.74, 6) is 0.558. The number of fused-ring (bicyclic) bond motifs is 1. The SMILES string of the molecule is Cc1ccc(-c2nc(-c3cccc(C4CCOC4)c3)nc3nc(C)c(C)nc23)c(F)c1. The first-order valence-electron chi connectivity index (χ1n) is 10.5. The van der Waals surface area contributed by atoms with Gasteiger partial charge in [-0.2, -0.15) is 0 Å². The maximum Gasteiger partial charge on any atom is 0.182 e. The van der Waals surface area contributed by atoms with Crippen LogP contribution in [0, 0.1) is 26.6 Å². The summed E-state index contributed by atoms with van der Waals surface area (Å²) in [6.45, 7) is 7.16. The molecule has 6 heteroatoms. The minimum atomic E-state index is -0.331. The number of ether oxygens (including phenoxy) is 1. The lowest BCUT2D eigenvalue weighted by Gasteiger charge is -2.13. The normalized spacial score (nSPS) is 16.2. The Labute approximate surface area is 180 Å². The molecule has 0 bridgehead atoms. The Morgan fingerprint density at radius 1 is 0.935 bits per heavy atom. The van der Waals surface area contributed by atoms with Crippen molar-refractivity contribution in [2.45, 2.75) is 33.1 Å². The zero-order chi connectivity index (χ0) is 21.5. The number of aromatic nitrogens is 4. The van der Waals surface area contributed by atoms with E-state index in [2.05, 4.69) is 22.1 Å². The van der Waals surface area contributed by atoms with Crippen molar-refractivity contribution in [2.75, 3.05) is 13.2 Å². The van der Waals surface area contributed by atoms with Gasteiger partial charge in [-0.1, -0.05) is 24.3 Å². The molecule has 3 heterocycles. The van der Waals surface area contributed by atoms with E-state index in [0.717, 1.165) is 42.1 Å². The molecule has 1 aliphatic heterocycles. The third-order valence-corrected chi connectivity index (χ3v) is 5.87. The molecule has 0 N–H and O–H groups in total. The van der Waals surface area contributed by atoms with Crippen LogP contribution in [0.3, 0.4) is 0 Å². The van der Waals surface area contributed by atoms with Crippen molar-refractivity contribution in [3.05, 3.63) is 70.8 Å². The lowest BCUT2D eigenvalue weighted by atomic mass is 9.96. The predicted octanol–water partition coefficient (Wildman–Crippen LogP) is 5.32. The number of hydrogen-bond donors (Lipinski definition) is 0. The molecular formula is C25H23FN4O. The number of halogens is 1. The van der Waals surface area contributed by atoms with Gasteiger partial charge in [-0.05, 0) is 56.5 Å². The van der Waals surface area contributed by atoms with E-state index in [-0.39, 0.29) is 5.82 Å². The van der Waals surface area contributed by atoms with Gasteiger partial charge in [0.2, 0.25) is 0 Å². The quantitative estimate of drug-likeness (QED) is 0.454. The molecule has 2 aromatic heterocycles. The van der Waals surface area contributed by atoms with Gasteiger partial charge in [-0.25, -0.2) is 24.3 Å². The number of aryl methyl sites for hydroxylation is 3. The molecule has 156 valence electrons. The summed E-state index contributed by atoms with van der Waals surface area (Å²) < 4.78 is 20.5. The summed E-state index contributed by atoms with van der Waals surface area (Å²) >= 11 is 0. The van der Waals surface area contributed by atoms with E-state index in [1.54, 1.807) is 6.07 Å². The van der Waals surface area contributed by atoms with E-state index >= 15 is 0 Å². The van der Waals surface area contributed by atoms with E-state index in [1.807, 2.05) is 39.0 Å². The van der Waals surface area contributed by atoms with Crippen molar-refractivity contribution in [1.29, 1.82) is 0 Å². The Bertz CT molecular complexity index is 1300. The van der Waals surface area contributed by atoms with E-state index in [9.17, 15) is 4.39 Å². The maximum absolute atomic E-state index is 14.9. The van der Waals surface area contributed by atoms with Crippen molar-refractivity contribution < 1.29 is 9.13 Å². The summed E-state index contributed by atoms with van der Waals surface area (Å²) in [7, 11) is 0. The van der Waals surface area contributed by atoms with Gasteiger partial charge in [0, 0.05) is 23.7 Å². The molecule has 0 saturated carbocycles. The average Bonchev–Trinajstić information content (AvgIpc) is 3.29. The summed E-state index contributed by atoms with van der Waals surface area (Å²) in [6, 6.07) is 13.3. The largest absolute Gasteiger partial charge is 0.381 e. The molecule has 0 aliphatic carbocycles. The predicted molar refractivity (Wildman–Crippen MR) is 118 cm³/mol. The first kappa shape index (κ1) is 19.7. The smallest absolute Gasteiger partial charge is 0.182 e. The third-order valence-electron chi connectivity index (χ3n) is 5.87. The van der Waals surface area contributed by atoms with Gasteiger partial charge in [0.25, 0.3) is 0 Å². The molecule has 4 aromatic rings. The second-order valence-corrected chi connectivity index (χ2v) is 8.13. The molecular weight excluding hydrogens is 391 g/mol. The Morgan fingerprint density at radius 2 is 1.77 bits per heavy atom. The first-order chi connectivity index (χ1) is 15.0. The first-order valence-corrected chi connectivity index (χ1v) is 10.5. The lowest BCUT2D eigenvalue weighted by molar-refractivity contribution is 0.194. The highest BCUT2D eigenvalue weighted by Gasteiger charge is 2.20.